The van der Waals surface area contributed by atoms with Gasteiger partial charge in [-0.3, -0.25) is 0 Å². The molecule has 21 heavy (non-hydrogen) atoms. The van der Waals surface area contributed by atoms with Gasteiger partial charge in [-0.2, -0.15) is 4.98 Å². The maximum Gasteiger partial charge on any atom is 0.213 e. The predicted octanol–water partition coefficient (Wildman–Crippen LogP) is 0.505. The Hall–Kier alpha value is -2.61. The molecule has 8 nitrogen and oxygen atoms in total. The molecule has 0 aliphatic heterocycles. The van der Waals surface area contributed by atoms with Gasteiger partial charge in [-0.05, 0) is 18.2 Å². The molecule has 0 bridgehead atoms. The molecule has 0 aliphatic carbocycles. The summed E-state index contributed by atoms with van der Waals surface area (Å²) >= 11 is 0. The Bertz CT molecular complexity index is 598. The summed E-state index contributed by atoms with van der Waals surface area (Å²) < 4.78 is 9.95. The fourth-order valence-corrected chi connectivity index (χ4v) is 1.86. The third-order valence-corrected chi connectivity index (χ3v) is 2.93. The van der Waals surface area contributed by atoms with E-state index >= 15 is 0 Å². The number of hydrogen-bond donors (Lipinski definition) is 3. The summed E-state index contributed by atoms with van der Waals surface area (Å²) in [6.07, 6.45) is 1.97. The summed E-state index contributed by atoms with van der Waals surface area (Å²) in [6, 6.07) is 5.33. The smallest absolute Gasteiger partial charge is 0.213 e. The number of nitrogens with zero attached hydrogens (tertiary/aromatic N) is 3. The van der Waals surface area contributed by atoms with E-state index in [-0.39, 0.29) is 5.84 Å². The number of methoxy groups -OCH3 is 1. The number of oxime groups is 1. The topological polar surface area (TPSA) is 119 Å². The molecule has 4 N–H and O–H groups in total. The van der Waals surface area contributed by atoms with E-state index in [1.165, 1.54) is 6.39 Å². The van der Waals surface area contributed by atoms with Gasteiger partial charge in [-0.1, -0.05) is 10.3 Å². The van der Waals surface area contributed by atoms with Crippen molar-refractivity contribution in [3.05, 3.63) is 41.5 Å². The maximum atomic E-state index is 8.72. The van der Waals surface area contributed by atoms with Crippen LogP contribution in [0.5, 0.6) is 5.75 Å². The van der Waals surface area contributed by atoms with Crippen molar-refractivity contribution in [2.75, 3.05) is 13.7 Å². The van der Waals surface area contributed by atoms with E-state index in [2.05, 4.69) is 25.1 Å². The molecule has 1 aromatic carbocycles. The summed E-state index contributed by atoms with van der Waals surface area (Å²) in [7, 11) is 1.60. The lowest BCUT2D eigenvalue weighted by Crippen LogP contribution is -2.19. The zero-order chi connectivity index (χ0) is 15.1. The van der Waals surface area contributed by atoms with Crippen LogP contribution in [0.1, 0.15) is 17.0 Å². The number of amidine groups is 1. The number of aromatic nitrogens is 2. The van der Waals surface area contributed by atoms with Crippen LogP contribution in [-0.4, -0.2) is 34.8 Å². The number of nitrogens with one attached hydrogen (secondary N) is 1. The number of hydrogen-bond acceptors (Lipinski definition) is 7. The van der Waals surface area contributed by atoms with Crippen LogP contribution < -0.4 is 15.8 Å². The van der Waals surface area contributed by atoms with Crippen LogP contribution in [0.15, 0.2) is 34.3 Å². The third kappa shape index (κ3) is 3.93. The summed E-state index contributed by atoms with van der Waals surface area (Å²) in [6.45, 7) is 1.27. The molecule has 8 heteroatoms. The zero-order valence-corrected chi connectivity index (χ0v) is 11.6. The normalized spacial score (nSPS) is 11.6. The second-order valence-corrected chi connectivity index (χ2v) is 4.29. The van der Waals surface area contributed by atoms with Crippen molar-refractivity contribution in [3.8, 4) is 5.75 Å². The van der Waals surface area contributed by atoms with Crippen molar-refractivity contribution >= 4 is 5.84 Å². The molecule has 0 atom stereocenters. The standard InChI is InChI=1S/C13H17N5O3/c1-20-11-3-2-9(13(14)17-19)6-10(11)7-15-5-4-12-16-8-21-18-12/h2-3,6,8,15,19H,4-5,7H2,1H3,(H2,14,17). The first-order valence-corrected chi connectivity index (χ1v) is 6.35. The van der Waals surface area contributed by atoms with Gasteiger partial charge in [0.05, 0.1) is 7.11 Å². The minimum absolute atomic E-state index is 0.0608. The molecule has 2 rings (SSSR count). The van der Waals surface area contributed by atoms with Gasteiger partial charge in [-0.25, -0.2) is 0 Å². The SMILES string of the molecule is COc1ccc(/C(N)=N/O)cc1CNCCc1ncon1. The van der Waals surface area contributed by atoms with Crippen molar-refractivity contribution in [3.63, 3.8) is 0 Å². The first kappa shape index (κ1) is 14.8. The number of benzene rings is 1. The van der Waals surface area contributed by atoms with Gasteiger partial charge in [0.15, 0.2) is 11.7 Å². The van der Waals surface area contributed by atoms with Crippen LogP contribution in [0, 0.1) is 0 Å². The Morgan fingerprint density at radius 1 is 1.52 bits per heavy atom. The summed E-state index contributed by atoms with van der Waals surface area (Å²) in [5, 5.41) is 18.7. The number of nitrogens with two attached hydrogens (primary N) is 1. The highest BCUT2D eigenvalue weighted by Gasteiger charge is 2.07. The Morgan fingerprint density at radius 2 is 2.38 bits per heavy atom. The Kier molecular flexibility index (Phi) is 5.10. The molecule has 112 valence electrons. The molecule has 1 aromatic heterocycles. The van der Waals surface area contributed by atoms with Crippen molar-refractivity contribution in [2.45, 2.75) is 13.0 Å². The van der Waals surface area contributed by atoms with Crippen LogP contribution in [0.3, 0.4) is 0 Å². The Morgan fingerprint density at radius 3 is 3.05 bits per heavy atom. The Labute approximate surface area is 121 Å². The van der Waals surface area contributed by atoms with Crippen LogP contribution in [-0.2, 0) is 13.0 Å². The van der Waals surface area contributed by atoms with Crippen LogP contribution in [0.25, 0.3) is 0 Å². The second kappa shape index (κ2) is 7.25. The van der Waals surface area contributed by atoms with Gasteiger partial charge in [0.25, 0.3) is 0 Å². The molecule has 0 aliphatic rings. The lowest BCUT2D eigenvalue weighted by Gasteiger charge is -2.11. The minimum Gasteiger partial charge on any atom is -0.496 e. The number of ether oxygens (including phenoxy) is 1. The van der Waals surface area contributed by atoms with Crippen molar-refractivity contribution in [1.82, 2.24) is 15.5 Å². The first-order valence-electron chi connectivity index (χ1n) is 6.35. The lowest BCUT2D eigenvalue weighted by atomic mass is 10.1. The van der Waals surface area contributed by atoms with Gasteiger partial charge in [-0.15, -0.1) is 0 Å². The molecular weight excluding hydrogens is 274 g/mol. The van der Waals surface area contributed by atoms with E-state index in [1.54, 1.807) is 19.2 Å². The van der Waals surface area contributed by atoms with Crippen LogP contribution in [0.4, 0.5) is 0 Å². The zero-order valence-electron chi connectivity index (χ0n) is 11.6. The van der Waals surface area contributed by atoms with Gasteiger partial charge in [0.2, 0.25) is 6.39 Å². The molecule has 0 unspecified atom stereocenters. The summed E-state index contributed by atoms with van der Waals surface area (Å²) in [5.41, 5.74) is 7.13. The van der Waals surface area contributed by atoms with Crippen LogP contribution >= 0.6 is 0 Å². The lowest BCUT2D eigenvalue weighted by molar-refractivity contribution is 0.318. The molecule has 0 fully saturated rings. The number of rotatable bonds is 7. The molecule has 0 saturated heterocycles. The summed E-state index contributed by atoms with van der Waals surface area (Å²) in [4.78, 5) is 3.94. The van der Waals surface area contributed by atoms with Crippen molar-refractivity contribution < 1.29 is 14.5 Å². The van der Waals surface area contributed by atoms with E-state index in [1.807, 2.05) is 6.07 Å². The van der Waals surface area contributed by atoms with Gasteiger partial charge in [0.1, 0.15) is 5.75 Å². The molecule has 0 spiro atoms. The molecule has 1 heterocycles. The predicted molar refractivity (Wildman–Crippen MR) is 75.2 cm³/mol. The van der Waals surface area contributed by atoms with Gasteiger partial charge >= 0.3 is 0 Å². The highest BCUT2D eigenvalue weighted by atomic mass is 16.5. The monoisotopic (exact) mass is 291 g/mol. The fraction of sp³-hybridized carbons (Fsp3) is 0.308. The highest BCUT2D eigenvalue weighted by molar-refractivity contribution is 5.97. The average Bonchev–Trinajstić information content (AvgIpc) is 3.04. The highest BCUT2D eigenvalue weighted by Crippen LogP contribution is 2.19. The molecule has 0 amide bonds. The van der Waals surface area contributed by atoms with Crippen molar-refractivity contribution in [1.29, 1.82) is 0 Å². The largest absolute Gasteiger partial charge is 0.496 e. The van der Waals surface area contributed by atoms with E-state index < -0.39 is 0 Å². The van der Waals surface area contributed by atoms with Crippen LogP contribution in [0.2, 0.25) is 0 Å². The second-order valence-electron chi connectivity index (χ2n) is 4.29. The molecule has 0 radical (unpaired) electrons. The van der Waals surface area contributed by atoms with Gasteiger partial charge in [0, 0.05) is 30.6 Å². The summed E-state index contributed by atoms with van der Waals surface area (Å²) in [5.74, 6) is 1.45. The molecular formula is C13H17N5O3. The first-order chi connectivity index (χ1) is 10.2. The van der Waals surface area contributed by atoms with Crippen molar-refractivity contribution in [2.24, 2.45) is 10.9 Å². The van der Waals surface area contributed by atoms with E-state index in [9.17, 15) is 0 Å². The minimum atomic E-state index is 0.0608. The average molecular weight is 291 g/mol. The quantitative estimate of drug-likeness (QED) is 0.223. The maximum absolute atomic E-state index is 8.72. The Balaban J connectivity index is 1.97. The molecule has 2 aromatic rings. The van der Waals surface area contributed by atoms with E-state index in [4.69, 9.17) is 15.7 Å². The molecule has 0 saturated carbocycles. The third-order valence-electron chi connectivity index (χ3n) is 2.93. The van der Waals surface area contributed by atoms with E-state index in [0.29, 0.717) is 30.9 Å². The van der Waals surface area contributed by atoms with Gasteiger partial charge < -0.3 is 25.5 Å². The van der Waals surface area contributed by atoms with E-state index in [0.717, 1.165) is 11.3 Å². The fourth-order valence-electron chi connectivity index (χ4n) is 1.86.